The van der Waals surface area contributed by atoms with Gasteiger partial charge >= 0.3 is 5.97 Å². The maximum atomic E-state index is 14.6. The van der Waals surface area contributed by atoms with Gasteiger partial charge in [0.15, 0.2) is 0 Å². The number of benzene rings is 2. The highest BCUT2D eigenvalue weighted by molar-refractivity contribution is 6.30. The van der Waals surface area contributed by atoms with Crippen molar-refractivity contribution in [2.45, 2.75) is 24.9 Å². The highest BCUT2D eigenvalue weighted by atomic mass is 35.5. The zero-order valence-corrected chi connectivity index (χ0v) is 17.0. The molecule has 2 aromatic carbocycles. The van der Waals surface area contributed by atoms with E-state index in [0.29, 0.717) is 5.02 Å². The van der Waals surface area contributed by atoms with Crippen molar-refractivity contribution in [3.8, 4) is 6.07 Å². The molecule has 4 rings (SSSR count). The molecule has 2 amide bonds. The number of carboxylic acid groups (broad SMARTS) is 1. The molecule has 1 spiro atoms. The van der Waals surface area contributed by atoms with Crippen LogP contribution in [0.2, 0.25) is 5.02 Å². The molecule has 2 aliphatic rings. The lowest BCUT2D eigenvalue weighted by molar-refractivity contribution is -0.169. The summed E-state index contributed by atoms with van der Waals surface area (Å²) in [4.78, 5) is 40.5. The summed E-state index contributed by atoms with van der Waals surface area (Å²) in [5, 5.41) is 18.8. The molecule has 1 aliphatic heterocycles. The summed E-state index contributed by atoms with van der Waals surface area (Å²) in [6.07, 6.45) is -0.0935. The molecule has 158 valence electrons. The molecule has 1 heterocycles. The largest absolute Gasteiger partial charge is 0.481 e. The first-order valence-corrected chi connectivity index (χ1v) is 9.92. The molecule has 7 nitrogen and oxygen atoms in total. The number of carboxylic acids is 1. The zero-order valence-electron chi connectivity index (χ0n) is 16.2. The summed E-state index contributed by atoms with van der Waals surface area (Å²) >= 11 is 5.92. The third-order valence-corrected chi connectivity index (χ3v) is 6.15. The van der Waals surface area contributed by atoms with Gasteiger partial charge in [-0.15, -0.1) is 0 Å². The first kappa shape index (κ1) is 20.8. The van der Waals surface area contributed by atoms with Crippen LogP contribution in [-0.4, -0.2) is 39.9 Å². The van der Waals surface area contributed by atoms with Crippen molar-refractivity contribution in [1.29, 1.82) is 5.26 Å². The summed E-state index contributed by atoms with van der Waals surface area (Å²) in [5.74, 6) is -3.55. The summed E-state index contributed by atoms with van der Waals surface area (Å²) < 4.78 is 14.6. The molecule has 9 heteroatoms. The number of hydrogen-bond acceptors (Lipinski definition) is 4. The quantitative estimate of drug-likeness (QED) is 0.786. The van der Waals surface area contributed by atoms with Crippen LogP contribution in [0.3, 0.4) is 0 Å². The third-order valence-electron chi connectivity index (χ3n) is 5.89. The molecule has 1 saturated heterocycles. The lowest BCUT2D eigenvalue weighted by Gasteiger charge is -2.56. The van der Waals surface area contributed by atoms with Gasteiger partial charge in [-0.1, -0.05) is 23.7 Å². The molecule has 1 aliphatic carbocycles. The van der Waals surface area contributed by atoms with Crippen LogP contribution >= 0.6 is 11.6 Å². The molecule has 0 atom stereocenters. The van der Waals surface area contributed by atoms with E-state index in [4.69, 9.17) is 16.9 Å². The van der Waals surface area contributed by atoms with E-state index in [1.54, 1.807) is 24.3 Å². The smallest absolute Gasteiger partial charge is 0.306 e. The zero-order chi connectivity index (χ0) is 22.3. The molecule has 1 saturated carbocycles. The van der Waals surface area contributed by atoms with E-state index >= 15 is 0 Å². The van der Waals surface area contributed by atoms with Crippen molar-refractivity contribution in [3.63, 3.8) is 0 Å². The molecule has 0 radical (unpaired) electrons. The molecular weight excluding hydrogens is 425 g/mol. The first-order chi connectivity index (χ1) is 14.7. The van der Waals surface area contributed by atoms with Gasteiger partial charge in [-0.25, -0.2) is 4.39 Å². The Morgan fingerprint density at radius 1 is 1.23 bits per heavy atom. The Kier molecular flexibility index (Phi) is 5.15. The van der Waals surface area contributed by atoms with Crippen molar-refractivity contribution in [2.75, 3.05) is 11.4 Å². The second-order valence-electron chi connectivity index (χ2n) is 7.75. The monoisotopic (exact) mass is 441 g/mol. The highest BCUT2D eigenvalue weighted by Gasteiger charge is 2.61. The summed E-state index contributed by atoms with van der Waals surface area (Å²) in [6.45, 7) is -0.271. The minimum absolute atomic E-state index is 0.0467. The lowest BCUT2D eigenvalue weighted by atomic mass is 9.65. The van der Waals surface area contributed by atoms with E-state index in [9.17, 15) is 23.9 Å². The van der Waals surface area contributed by atoms with Crippen LogP contribution in [0.5, 0.6) is 0 Å². The average molecular weight is 442 g/mol. The van der Waals surface area contributed by atoms with Gasteiger partial charge in [-0.2, -0.15) is 5.26 Å². The van der Waals surface area contributed by atoms with E-state index in [1.165, 1.54) is 17.0 Å². The Morgan fingerprint density at radius 3 is 2.48 bits per heavy atom. The third kappa shape index (κ3) is 3.51. The van der Waals surface area contributed by atoms with E-state index in [-0.39, 0.29) is 37.2 Å². The molecule has 2 fully saturated rings. The predicted molar refractivity (Wildman–Crippen MR) is 109 cm³/mol. The van der Waals surface area contributed by atoms with E-state index in [2.05, 4.69) is 0 Å². The van der Waals surface area contributed by atoms with Crippen LogP contribution in [0.4, 0.5) is 10.1 Å². The molecule has 0 unspecified atom stereocenters. The molecule has 31 heavy (non-hydrogen) atoms. The Hall–Kier alpha value is -3.44. The number of piperazine rings is 1. The van der Waals surface area contributed by atoms with E-state index in [1.807, 2.05) is 6.07 Å². The Morgan fingerprint density at radius 2 is 1.90 bits per heavy atom. The van der Waals surface area contributed by atoms with E-state index in [0.717, 1.165) is 16.5 Å². The van der Waals surface area contributed by atoms with Crippen molar-refractivity contribution in [2.24, 2.45) is 5.92 Å². The fourth-order valence-electron chi connectivity index (χ4n) is 4.22. The normalized spacial score (nSPS) is 22.9. The van der Waals surface area contributed by atoms with Crippen molar-refractivity contribution in [3.05, 3.63) is 64.4 Å². The van der Waals surface area contributed by atoms with Gasteiger partial charge in [0.2, 0.25) is 5.91 Å². The van der Waals surface area contributed by atoms with Gasteiger partial charge in [0.25, 0.3) is 5.91 Å². The molecule has 2 aromatic rings. The summed E-state index contributed by atoms with van der Waals surface area (Å²) in [6, 6.07) is 12.3. The lowest BCUT2D eigenvalue weighted by Crippen LogP contribution is -2.73. The average Bonchev–Trinajstić information content (AvgIpc) is 2.70. The van der Waals surface area contributed by atoms with Gasteiger partial charge in [0.1, 0.15) is 17.9 Å². The van der Waals surface area contributed by atoms with Crippen LogP contribution in [-0.2, 0) is 20.9 Å². The molecular formula is C22H17ClFN3O4. The van der Waals surface area contributed by atoms with Crippen molar-refractivity contribution >= 4 is 35.1 Å². The Balaban J connectivity index is 1.70. The number of hydrogen-bond donors (Lipinski definition) is 1. The first-order valence-electron chi connectivity index (χ1n) is 9.54. The Labute approximate surface area is 182 Å². The number of rotatable bonds is 4. The fourth-order valence-corrected chi connectivity index (χ4v) is 4.35. The van der Waals surface area contributed by atoms with Crippen LogP contribution in [0.15, 0.2) is 42.5 Å². The second kappa shape index (κ2) is 7.67. The maximum Gasteiger partial charge on any atom is 0.306 e. The van der Waals surface area contributed by atoms with Crippen molar-refractivity contribution in [1.82, 2.24) is 4.90 Å². The number of aliphatic carboxylic acids is 1. The molecule has 0 bridgehead atoms. The van der Waals surface area contributed by atoms with Crippen LogP contribution in [0, 0.1) is 23.1 Å². The van der Waals surface area contributed by atoms with Gasteiger partial charge in [-0.3, -0.25) is 19.3 Å². The number of nitriles is 1. The number of halogens is 2. The number of amides is 2. The molecule has 1 N–H and O–H groups in total. The van der Waals surface area contributed by atoms with Crippen LogP contribution in [0.1, 0.15) is 24.0 Å². The second-order valence-corrected chi connectivity index (χ2v) is 8.19. The number of anilines is 1. The van der Waals surface area contributed by atoms with Crippen LogP contribution in [0.25, 0.3) is 0 Å². The van der Waals surface area contributed by atoms with Gasteiger partial charge in [0, 0.05) is 11.6 Å². The minimum Gasteiger partial charge on any atom is -0.481 e. The van der Waals surface area contributed by atoms with Crippen LogP contribution < -0.4 is 4.90 Å². The van der Waals surface area contributed by atoms with Gasteiger partial charge < -0.3 is 10.0 Å². The standard InChI is InChI=1S/C22H17ClFN3O4/c23-16-4-1-13(2-5-16)11-27-19(28)12-26(18-6-3-14(10-25)7-17(18)24)21(31)22(27)8-15(9-22)20(29)30/h1-7,15H,8-9,11-12H2,(H,29,30)/t15-,22+. The predicted octanol–water partition coefficient (Wildman–Crippen LogP) is 2.96. The highest BCUT2D eigenvalue weighted by Crippen LogP contribution is 2.47. The van der Waals surface area contributed by atoms with Gasteiger partial charge in [-0.05, 0) is 48.7 Å². The Bertz CT molecular complexity index is 1120. The number of carbonyl (C=O) groups excluding carboxylic acids is 2. The minimum atomic E-state index is -1.36. The SMILES string of the molecule is N#Cc1ccc(N2CC(=O)N(Cc3ccc(Cl)cc3)[C@]3(C[C@@H](C(=O)O)C3)C2=O)c(F)c1. The topological polar surface area (TPSA) is 102 Å². The number of nitrogens with zero attached hydrogens (tertiary/aromatic N) is 3. The van der Waals surface area contributed by atoms with E-state index < -0.39 is 35.1 Å². The summed E-state index contributed by atoms with van der Waals surface area (Å²) in [5.41, 5.74) is -0.646. The maximum absolute atomic E-state index is 14.6. The van der Waals surface area contributed by atoms with Crippen molar-refractivity contribution < 1.29 is 23.9 Å². The molecule has 0 aromatic heterocycles. The number of carbonyl (C=O) groups is 3. The fraction of sp³-hybridized carbons (Fsp3) is 0.273. The summed E-state index contributed by atoms with van der Waals surface area (Å²) in [7, 11) is 0. The van der Waals surface area contributed by atoms with Gasteiger partial charge in [0.05, 0.1) is 23.2 Å².